The van der Waals surface area contributed by atoms with Crippen molar-refractivity contribution in [3.63, 3.8) is 0 Å². The van der Waals surface area contributed by atoms with Crippen LogP contribution in [0.2, 0.25) is 0 Å². The van der Waals surface area contributed by atoms with Crippen LogP contribution in [0.25, 0.3) is 0 Å². The molecule has 1 amide bonds. The highest BCUT2D eigenvalue weighted by Crippen LogP contribution is 2.31. The fourth-order valence-electron chi connectivity index (χ4n) is 2.75. The van der Waals surface area contributed by atoms with Gasteiger partial charge < -0.3 is 19.8 Å². The summed E-state index contributed by atoms with van der Waals surface area (Å²) in [7, 11) is 1.65. The van der Waals surface area contributed by atoms with Crippen LogP contribution in [-0.4, -0.2) is 47.5 Å². The zero-order valence-corrected chi connectivity index (χ0v) is 11.0. The molecule has 0 aromatic heterocycles. The highest BCUT2D eigenvalue weighted by Gasteiger charge is 2.28. The lowest BCUT2D eigenvalue weighted by atomic mass is 9.87. The number of ether oxygens (including phenoxy) is 1. The number of nitrogens with zero attached hydrogens (tertiary/aromatic N) is 1. The Morgan fingerprint density at radius 3 is 2.95 bits per heavy atom. The van der Waals surface area contributed by atoms with Gasteiger partial charge in [-0.25, -0.2) is 4.79 Å². The van der Waals surface area contributed by atoms with Crippen molar-refractivity contribution in [2.75, 3.05) is 20.3 Å². The standard InChI is InChI=1S/C14H19NO4/c1-19-13-4-2-3-10-9-11(5-6-12(10)13)15(7-8-16)14(17)18/h2-4,11,16H,5-9H2,1H3,(H,17,18)/t11-/m0/s1. The minimum absolute atomic E-state index is 0.0655. The molecular formula is C14H19NO4. The molecule has 1 aromatic rings. The van der Waals surface area contributed by atoms with Gasteiger partial charge >= 0.3 is 6.09 Å². The predicted octanol–water partition coefficient (Wildman–Crippen LogP) is 1.52. The van der Waals surface area contributed by atoms with E-state index in [0.29, 0.717) is 6.42 Å². The summed E-state index contributed by atoms with van der Waals surface area (Å²) >= 11 is 0. The SMILES string of the molecule is COc1cccc2c1CC[C@H](N(CCO)C(=O)O)C2. The molecule has 1 aromatic carbocycles. The number of amides is 1. The summed E-state index contributed by atoms with van der Waals surface area (Å²) in [6.07, 6.45) is 1.28. The topological polar surface area (TPSA) is 70.0 Å². The van der Waals surface area contributed by atoms with Crippen molar-refractivity contribution in [3.8, 4) is 5.75 Å². The second kappa shape index (κ2) is 5.93. The molecule has 19 heavy (non-hydrogen) atoms. The van der Waals surface area contributed by atoms with Gasteiger partial charge in [-0.3, -0.25) is 0 Å². The van der Waals surface area contributed by atoms with Gasteiger partial charge in [0.05, 0.1) is 13.7 Å². The summed E-state index contributed by atoms with van der Waals surface area (Å²) in [5, 5.41) is 18.2. The van der Waals surface area contributed by atoms with Gasteiger partial charge in [0.25, 0.3) is 0 Å². The summed E-state index contributed by atoms with van der Waals surface area (Å²) in [5.41, 5.74) is 2.32. The smallest absolute Gasteiger partial charge is 0.407 e. The van der Waals surface area contributed by atoms with Crippen LogP contribution < -0.4 is 4.74 Å². The van der Waals surface area contributed by atoms with Crippen LogP contribution in [0.1, 0.15) is 17.5 Å². The quantitative estimate of drug-likeness (QED) is 0.866. The van der Waals surface area contributed by atoms with Crippen LogP contribution in [0.5, 0.6) is 5.75 Å². The molecule has 0 bridgehead atoms. The maximum absolute atomic E-state index is 11.2. The van der Waals surface area contributed by atoms with Gasteiger partial charge in [0.1, 0.15) is 5.75 Å². The Kier molecular flexibility index (Phi) is 4.27. The van der Waals surface area contributed by atoms with Crippen LogP contribution in [0.4, 0.5) is 4.79 Å². The molecule has 0 aliphatic heterocycles. The Bertz CT molecular complexity index is 461. The van der Waals surface area contributed by atoms with Crippen molar-refractivity contribution >= 4 is 6.09 Å². The van der Waals surface area contributed by atoms with Crippen molar-refractivity contribution in [1.29, 1.82) is 0 Å². The lowest BCUT2D eigenvalue weighted by molar-refractivity contribution is 0.105. The first-order valence-corrected chi connectivity index (χ1v) is 6.42. The van der Waals surface area contributed by atoms with Crippen molar-refractivity contribution in [2.24, 2.45) is 0 Å². The maximum atomic E-state index is 11.2. The van der Waals surface area contributed by atoms with Crippen molar-refractivity contribution in [1.82, 2.24) is 4.90 Å². The number of benzene rings is 1. The second-order valence-electron chi connectivity index (χ2n) is 4.69. The van der Waals surface area contributed by atoms with Crippen LogP contribution in [-0.2, 0) is 12.8 Å². The normalized spacial score (nSPS) is 17.7. The third-order valence-corrected chi connectivity index (χ3v) is 3.66. The maximum Gasteiger partial charge on any atom is 0.407 e. The van der Waals surface area contributed by atoms with Crippen LogP contribution in [0, 0.1) is 0 Å². The Hall–Kier alpha value is -1.75. The molecule has 0 saturated carbocycles. The van der Waals surface area contributed by atoms with E-state index in [1.165, 1.54) is 10.5 Å². The predicted molar refractivity (Wildman–Crippen MR) is 70.6 cm³/mol. The lowest BCUT2D eigenvalue weighted by Crippen LogP contribution is -2.44. The number of fused-ring (bicyclic) bond motifs is 1. The van der Waals surface area contributed by atoms with Gasteiger partial charge in [-0.2, -0.15) is 0 Å². The molecule has 2 rings (SSSR count). The molecule has 104 valence electrons. The molecule has 2 N–H and O–H groups in total. The Labute approximate surface area is 112 Å². The van der Waals surface area contributed by atoms with Gasteiger partial charge in [0.2, 0.25) is 0 Å². The fourth-order valence-corrected chi connectivity index (χ4v) is 2.75. The van der Waals surface area contributed by atoms with E-state index in [0.717, 1.165) is 24.2 Å². The summed E-state index contributed by atoms with van der Waals surface area (Å²) in [5.74, 6) is 0.875. The molecule has 0 heterocycles. The van der Waals surface area contributed by atoms with Crippen molar-refractivity contribution < 1.29 is 19.7 Å². The molecule has 0 saturated heterocycles. The van der Waals surface area contributed by atoms with Crippen LogP contribution >= 0.6 is 0 Å². The van der Waals surface area contributed by atoms with E-state index in [1.807, 2.05) is 18.2 Å². The number of carbonyl (C=O) groups is 1. The summed E-state index contributed by atoms with van der Waals surface area (Å²) in [6, 6.07) is 5.81. The van der Waals surface area contributed by atoms with E-state index in [9.17, 15) is 9.90 Å². The third-order valence-electron chi connectivity index (χ3n) is 3.66. The largest absolute Gasteiger partial charge is 0.496 e. The Morgan fingerprint density at radius 2 is 2.32 bits per heavy atom. The molecule has 0 unspecified atom stereocenters. The number of rotatable bonds is 4. The zero-order valence-electron chi connectivity index (χ0n) is 11.0. The van der Waals surface area contributed by atoms with E-state index >= 15 is 0 Å². The number of hydrogen-bond acceptors (Lipinski definition) is 3. The van der Waals surface area contributed by atoms with E-state index < -0.39 is 6.09 Å². The van der Waals surface area contributed by atoms with Gasteiger partial charge in [0.15, 0.2) is 0 Å². The molecule has 1 aliphatic carbocycles. The molecule has 5 heteroatoms. The fraction of sp³-hybridized carbons (Fsp3) is 0.500. The van der Waals surface area contributed by atoms with Crippen molar-refractivity contribution in [3.05, 3.63) is 29.3 Å². The van der Waals surface area contributed by atoms with Crippen LogP contribution in [0.15, 0.2) is 18.2 Å². The molecule has 1 aliphatic rings. The third kappa shape index (κ3) is 2.81. The monoisotopic (exact) mass is 265 g/mol. The number of methoxy groups -OCH3 is 1. The molecule has 5 nitrogen and oxygen atoms in total. The first-order valence-electron chi connectivity index (χ1n) is 6.42. The first kappa shape index (κ1) is 13.7. The van der Waals surface area contributed by atoms with Crippen LogP contribution in [0.3, 0.4) is 0 Å². The number of carboxylic acid groups (broad SMARTS) is 1. The first-order chi connectivity index (χ1) is 9.17. The average Bonchev–Trinajstić information content (AvgIpc) is 2.43. The summed E-state index contributed by atoms with van der Waals surface area (Å²) in [4.78, 5) is 12.5. The summed E-state index contributed by atoms with van der Waals surface area (Å²) in [6.45, 7) is 0.0209. The molecule has 0 radical (unpaired) electrons. The van der Waals surface area contributed by atoms with Gasteiger partial charge in [-0.05, 0) is 36.5 Å². The van der Waals surface area contributed by atoms with Gasteiger partial charge in [-0.15, -0.1) is 0 Å². The highest BCUT2D eigenvalue weighted by atomic mass is 16.5. The van der Waals surface area contributed by atoms with E-state index in [-0.39, 0.29) is 19.2 Å². The Balaban J connectivity index is 2.19. The van der Waals surface area contributed by atoms with E-state index in [1.54, 1.807) is 7.11 Å². The molecule has 0 fully saturated rings. The number of aliphatic hydroxyl groups excluding tert-OH is 1. The average molecular weight is 265 g/mol. The molecule has 0 spiro atoms. The number of hydrogen-bond donors (Lipinski definition) is 2. The highest BCUT2D eigenvalue weighted by molar-refractivity contribution is 5.65. The molecular weight excluding hydrogens is 246 g/mol. The number of aliphatic hydroxyl groups is 1. The van der Waals surface area contributed by atoms with E-state index in [4.69, 9.17) is 9.84 Å². The van der Waals surface area contributed by atoms with Gasteiger partial charge in [0, 0.05) is 12.6 Å². The Morgan fingerprint density at radius 1 is 1.53 bits per heavy atom. The van der Waals surface area contributed by atoms with Crippen molar-refractivity contribution in [2.45, 2.75) is 25.3 Å². The minimum atomic E-state index is -0.967. The minimum Gasteiger partial charge on any atom is -0.496 e. The lowest BCUT2D eigenvalue weighted by Gasteiger charge is -2.33. The van der Waals surface area contributed by atoms with Gasteiger partial charge in [-0.1, -0.05) is 12.1 Å². The second-order valence-corrected chi connectivity index (χ2v) is 4.69. The zero-order chi connectivity index (χ0) is 13.8. The molecule has 1 atom stereocenters. The summed E-state index contributed by atoms with van der Waals surface area (Å²) < 4.78 is 5.33. The van der Waals surface area contributed by atoms with E-state index in [2.05, 4.69) is 0 Å².